The minimum Gasteiger partial charge on any atom is -0.326 e. The predicted molar refractivity (Wildman–Crippen MR) is 83.6 cm³/mol. The standard InChI is InChI=1S/C16H18BrFN2/c1-20(10-12-3-2-4-15(17)8-12)11-13-5-6-16(18)14(7-13)9-19/h2-8H,9-11,19H2,1H3. The fourth-order valence-corrected chi connectivity index (χ4v) is 2.64. The Morgan fingerprint density at radius 2 is 1.80 bits per heavy atom. The van der Waals surface area contributed by atoms with Crippen LogP contribution < -0.4 is 5.73 Å². The Balaban J connectivity index is 2.02. The Bertz CT molecular complexity index is 586. The summed E-state index contributed by atoms with van der Waals surface area (Å²) >= 11 is 3.47. The van der Waals surface area contributed by atoms with Crippen LogP contribution in [0.3, 0.4) is 0 Å². The topological polar surface area (TPSA) is 29.3 Å². The summed E-state index contributed by atoms with van der Waals surface area (Å²) in [6.07, 6.45) is 0. The van der Waals surface area contributed by atoms with Gasteiger partial charge in [0, 0.05) is 29.7 Å². The number of hydrogen-bond acceptors (Lipinski definition) is 2. The van der Waals surface area contributed by atoms with Crippen LogP contribution in [0.2, 0.25) is 0 Å². The van der Waals surface area contributed by atoms with E-state index in [0.29, 0.717) is 5.56 Å². The highest BCUT2D eigenvalue weighted by atomic mass is 79.9. The van der Waals surface area contributed by atoms with Crippen LogP contribution in [-0.4, -0.2) is 11.9 Å². The number of nitrogens with two attached hydrogens (primary N) is 1. The van der Waals surface area contributed by atoms with E-state index in [1.165, 1.54) is 11.6 Å². The van der Waals surface area contributed by atoms with Crippen molar-refractivity contribution in [2.45, 2.75) is 19.6 Å². The fraction of sp³-hybridized carbons (Fsp3) is 0.250. The summed E-state index contributed by atoms with van der Waals surface area (Å²) in [7, 11) is 2.05. The molecule has 0 aliphatic heterocycles. The molecule has 2 rings (SSSR count). The van der Waals surface area contributed by atoms with Crippen LogP contribution in [0, 0.1) is 5.82 Å². The second kappa shape index (κ2) is 6.97. The smallest absolute Gasteiger partial charge is 0.127 e. The van der Waals surface area contributed by atoms with Crippen LogP contribution in [-0.2, 0) is 19.6 Å². The molecule has 0 radical (unpaired) electrons. The minimum absolute atomic E-state index is 0.231. The van der Waals surface area contributed by atoms with E-state index in [-0.39, 0.29) is 12.4 Å². The Kier molecular flexibility index (Phi) is 5.29. The zero-order chi connectivity index (χ0) is 14.5. The average Bonchev–Trinajstić information content (AvgIpc) is 2.41. The van der Waals surface area contributed by atoms with Gasteiger partial charge in [-0.15, -0.1) is 0 Å². The Morgan fingerprint density at radius 1 is 1.10 bits per heavy atom. The van der Waals surface area contributed by atoms with Crippen LogP contribution >= 0.6 is 15.9 Å². The zero-order valence-electron chi connectivity index (χ0n) is 11.4. The third kappa shape index (κ3) is 4.13. The van der Waals surface area contributed by atoms with Crippen molar-refractivity contribution in [1.82, 2.24) is 4.90 Å². The van der Waals surface area contributed by atoms with Gasteiger partial charge in [-0.2, -0.15) is 0 Å². The molecule has 0 atom stereocenters. The largest absolute Gasteiger partial charge is 0.326 e. The average molecular weight is 337 g/mol. The third-order valence-corrected chi connectivity index (χ3v) is 3.62. The van der Waals surface area contributed by atoms with E-state index < -0.39 is 0 Å². The maximum absolute atomic E-state index is 13.4. The van der Waals surface area contributed by atoms with E-state index in [2.05, 4.69) is 33.0 Å². The first kappa shape index (κ1) is 15.2. The Morgan fingerprint density at radius 3 is 2.45 bits per heavy atom. The number of benzene rings is 2. The molecular weight excluding hydrogens is 319 g/mol. The third-order valence-electron chi connectivity index (χ3n) is 3.12. The van der Waals surface area contributed by atoms with Crippen LogP contribution in [0.25, 0.3) is 0 Å². The quantitative estimate of drug-likeness (QED) is 0.902. The summed E-state index contributed by atoms with van der Waals surface area (Å²) in [6, 6.07) is 13.4. The highest BCUT2D eigenvalue weighted by Gasteiger charge is 2.05. The lowest BCUT2D eigenvalue weighted by atomic mass is 10.1. The van der Waals surface area contributed by atoms with Gasteiger partial charge in [-0.1, -0.05) is 40.2 Å². The number of halogens is 2. The Hall–Kier alpha value is -1.23. The molecule has 2 aromatic rings. The molecule has 2 N–H and O–H groups in total. The molecule has 0 aliphatic rings. The highest BCUT2D eigenvalue weighted by Crippen LogP contribution is 2.15. The van der Waals surface area contributed by atoms with Crippen molar-refractivity contribution in [3.8, 4) is 0 Å². The van der Waals surface area contributed by atoms with Crippen LogP contribution in [0.1, 0.15) is 16.7 Å². The van der Waals surface area contributed by atoms with Crippen molar-refractivity contribution >= 4 is 15.9 Å². The summed E-state index contributed by atoms with van der Waals surface area (Å²) in [4.78, 5) is 2.19. The molecule has 2 aromatic carbocycles. The van der Waals surface area contributed by atoms with Gasteiger partial charge in [-0.25, -0.2) is 4.39 Å². The van der Waals surface area contributed by atoms with E-state index >= 15 is 0 Å². The Labute approximate surface area is 127 Å². The lowest BCUT2D eigenvalue weighted by Crippen LogP contribution is -2.17. The van der Waals surface area contributed by atoms with Crippen molar-refractivity contribution in [3.63, 3.8) is 0 Å². The van der Waals surface area contributed by atoms with Crippen molar-refractivity contribution in [2.75, 3.05) is 7.05 Å². The first-order valence-electron chi connectivity index (χ1n) is 6.49. The zero-order valence-corrected chi connectivity index (χ0v) is 13.0. The molecule has 0 fully saturated rings. The molecule has 4 heteroatoms. The van der Waals surface area contributed by atoms with Crippen LogP contribution in [0.4, 0.5) is 4.39 Å². The van der Waals surface area contributed by atoms with Gasteiger partial charge in [0.15, 0.2) is 0 Å². The lowest BCUT2D eigenvalue weighted by molar-refractivity contribution is 0.319. The summed E-state index contributed by atoms with van der Waals surface area (Å²) < 4.78 is 14.5. The fourth-order valence-electron chi connectivity index (χ4n) is 2.20. The molecule has 0 aromatic heterocycles. The summed E-state index contributed by atoms with van der Waals surface area (Å²) in [5, 5.41) is 0. The molecule has 0 saturated heterocycles. The van der Waals surface area contributed by atoms with Gasteiger partial charge in [0.05, 0.1) is 0 Å². The van der Waals surface area contributed by atoms with Crippen LogP contribution in [0.15, 0.2) is 46.9 Å². The SMILES string of the molecule is CN(Cc1cccc(Br)c1)Cc1ccc(F)c(CN)c1. The maximum Gasteiger partial charge on any atom is 0.127 e. The molecule has 0 amide bonds. The number of nitrogens with zero attached hydrogens (tertiary/aromatic N) is 1. The van der Waals surface area contributed by atoms with Crippen LogP contribution in [0.5, 0.6) is 0 Å². The van der Waals surface area contributed by atoms with E-state index in [4.69, 9.17) is 5.73 Å². The van der Waals surface area contributed by atoms with E-state index in [0.717, 1.165) is 23.1 Å². The summed E-state index contributed by atoms with van der Waals surface area (Å²) in [5.41, 5.74) is 8.41. The highest BCUT2D eigenvalue weighted by molar-refractivity contribution is 9.10. The minimum atomic E-state index is -0.231. The molecule has 20 heavy (non-hydrogen) atoms. The predicted octanol–water partition coefficient (Wildman–Crippen LogP) is 3.68. The maximum atomic E-state index is 13.4. The molecule has 0 unspecified atom stereocenters. The molecule has 0 spiro atoms. The van der Waals surface area contributed by atoms with Gasteiger partial charge in [0.25, 0.3) is 0 Å². The summed E-state index contributed by atoms with van der Waals surface area (Å²) in [6.45, 7) is 1.84. The van der Waals surface area contributed by atoms with Gasteiger partial charge in [-0.05, 0) is 36.4 Å². The van der Waals surface area contributed by atoms with Gasteiger partial charge in [-0.3, -0.25) is 4.90 Å². The molecule has 0 saturated carbocycles. The van der Waals surface area contributed by atoms with Crippen molar-refractivity contribution < 1.29 is 4.39 Å². The second-order valence-electron chi connectivity index (χ2n) is 4.93. The van der Waals surface area contributed by atoms with Crippen molar-refractivity contribution in [3.05, 3.63) is 69.4 Å². The molecule has 0 aliphatic carbocycles. The normalized spacial score (nSPS) is 11.1. The van der Waals surface area contributed by atoms with Crippen molar-refractivity contribution in [1.29, 1.82) is 0 Å². The van der Waals surface area contributed by atoms with E-state index in [9.17, 15) is 4.39 Å². The molecule has 0 bridgehead atoms. The van der Waals surface area contributed by atoms with Gasteiger partial charge >= 0.3 is 0 Å². The number of hydrogen-bond donors (Lipinski definition) is 1. The van der Waals surface area contributed by atoms with Crippen molar-refractivity contribution in [2.24, 2.45) is 5.73 Å². The van der Waals surface area contributed by atoms with E-state index in [1.807, 2.05) is 31.3 Å². The lowest BCUT2D eigenvalue weighted by Gasteiger charge is -2.17. The monoisotopic (exact) mass is 336 g/mol. The van der Waals surface area contributed by atoms with Gasteiger partial charge in [0.2, 0.25) is 0 Å². The molecule has 0 heterocycles. The first-order chi connectivity index (χ1) is 9.58. The van der Waals surface area contributed by atoms with Gasteiger partial charge in [0.1, 0.15) is 5.82 Å². The molecule has 2 nitrogen and oxygen atoms in total. The molecular formula is C16H18BrFN2. The molecule has 106 valence electrons. The second-order valence-corrected chi connectivity index (χ2v) is 5.85. The summed E-state index contributed by atoms with van der Waals surface area (Å²) in [5.74, 6) is -0.231. The van der Waals surface area contributed by atoms with E-state index in [1.54, 1.807) is 0 Å². The van der Waals surface area contributed by atoms with Gasteiger partial charge < -0.3 is 5.73 Å². The number of rotatable bonds is 5. The first-order valence-corrected chi connectivity index (χ1v) is 7.28.